The molecule has 2 atom stereocenters. The summed E-state index contributed by atoms with van der Waals surface area (Å²) in [6, 6.07) is 8.07. The molecular formula is C16H25N3O. The molecule has 2 rings (SSSR count). The van der Waals surface area contributed by atoms with Crippen LogP contribution in [0.15, 0.2) is 24.3 Å². The molecule has 2 N–H and O–H groups in total. The van der Waals surface area contributed by atoms with Crippen LogP contribution in [0.25, 0.3) is 0 Å². The Morgan fingerprint density at radius 2 is 2.15 bits per heavy atom. The van der Waals surface area contributed by atoms with Crippen molar-refractivity contribution in [3.8, 4) is 0 Å². The maximum Gasteiger partial charge on any atom is 0.240 e. The van der Waals surface area contributed by atoms with Crippen LogP contribution in [-0.4, -0.2) is 36.5 Å². The Morgan fingerprint density at radius 3 is 2.85 bits per heavy atom. The van der Waals surface area contributed by atoms with Gasteiger partial charge in [0, 0.05) is 31.9 Å². The largest absolute Gasteiger partial charge is 0.372 e. The molecule has 1 aliphatic rings. The van der Waals surface area contributed by atoms with E-state index in [9.17, 15) is 4.79 Å². The van der Waals surface area contributed by atoms with Crippen molar-refractivity contribution in [1.82, 2.24) is 4.90 Å². The first kappa shape index (κ1) is 14.9. The van der Waals surface area contributed by atoms with E-state index < -0.39 is 0 Å². The Morgan fingerprint density at radius 1 is 1.45 bits per heavy atom. The van der Waals surface area contributed by atoms with Crippen molar-refractivity contribution < 1.29 is 4.79 Å². The molecular weight excluding hydrogens is 250 g/mol. The molecule has 1 amide bonds. The lowest BCUT2D eigenvalue weighted by Crippen LogP contribution is -2.49. The number of benzene rings is 1. The number of rotatable bonds is 3. The lowest BCUT2D eigenvalue weighted by Gasteiger charge is -2.30. The van der Waals surface area contributed by atoms with E-state index >= 15 is 0 Å². The number of carbonyl (C=O) groups is 1. The van der Waals surface area contributed by atoms with Gasteiger partial charge in [0.15, 0.2) is 0 Å². The molecule has 0 radical (unpaired) electrons. The molecule has 4 nitrogen and oxygen atoms in total. The van der Waals surface area contributed by atoms with Crippen LogP contribution in [0.4, 0.5) is 5.69 Å². The zero-order chi connectivity index (χ0) is 14.7. The van der Waals surface area contributed by atoms with Crippen LogP contribution in [0.3, 0.4) is 0 Å². The summed E-state index contributed by atoms with van der Waals surface area (Å²) >= 11 is 0. The van der Waals surface area contributed by atoms with Crippen LogP contribution in [0.1, 0.15) is 32.3 Å². The van der Waals surface area contributed by atoms with E-state index in [-0.39, 0.29) is 18.0 Å². The third-order valence-corrected chi connectivity index (χ3v) is 4.01. The topological polar surface area (TPSA) is 49.6 Å². The first-order valence-electron chi connectivity index (χ1n) is 7.39. The Balaban J connectivity index is 2.25. The van der Waals surface area contributed by atoms with E-state index in [1.807, 2.05) is 17.0 Å². The van der Waals surface area contributed by atoms with E-state index in [2.05, 4.69) is 37.9 Å². The minimum Gasteiger partial charge on any atom is -0.372 e. The van der Waals surface area contributed by atoms with Gasteiger partial charge < -0.3 is 15.5 Å². The summed E-state index contributed by atoms with van der Waals surface area (Å²) in [7, 11) is 2.08. The maximum absolute atomic E-state index is 12.6. The van der Waals surface area contributed by atoms with Gasteiger partial charge in [0.1, 0.15) is 0 Å². The molecule has 1 aliphatic heterocycles. The fourth-order valence-corrected chi connectivity index (χ4v) is 2.89. The van der Waals surface area contributed by atoms with Crippen LogP contribution in [0.2, 0.25) is 0 Å². The first-order valence-corrected chi connectivity index (χ1v) is 7.39. The molecule has 4 heteroatoms. The molecule has 0 spiro atoms. The number of nitrogens with zero attached hydrogens (tertiary/aromatic N) is 2. The smallest absolute Gasteiger partial charge is 0.240 e. The fraction of sp³-hybridized carbons (Fsp3) is 0.562. The number of fused-ring (bicyclic) bond motifs is 1. The van der Waals surface area contributed by atoms with Crippen molar-refractivity contribution in [3.05, 3.63) is 29.8 Å². The molecule has 110 valence electrons. The van der Waals surface area contributed by atoms with Crippen molar-refractivity contribution in [3.63, 3.8) is 0 Å². The molecule has 1 heterocycles. The van der Waals surface area contributed by atoms with E-state index in [1.54, 1.807) is 0 Å². The van der Waals surface area contributed by atoms with Crippen molar-refractivity contribution in [2.45, 2.75) is 45.3 Å². The first-order chi connectivity index (χ1) is 9.54. The summed E-state index contributed by atoms with van der Waals surface area (Å²) in [4.78, 5) is 16.7. The van der Waals surface area contributed by atoms with Crippen molar-refractivity contribution in [2.24, 2.45) is 5.73 Å². The van der Waals surface area contributed by atoms with E-state index in [1.165, 1.54) is 11.3 Å². The minimum atomic E-state index is -0.377. The van der Waals surface area contributed by atoms with Crippen molar-refractivity contribution in [2.75, 3.05) is 18.5 Å². The van der Waals surface area contributed by atoms with E-state index in [0.29, 0.717) is 6.54 Å². The van der Waals surface area contributed by atoms with Gasteiger partial charge in [0.2, 0.25) is 5.91 Å². The van der Waals surface area contributed by atoms with Crippen LogP contribution in [0.5, 0.6) is 0 Å². The average molecular weight is 275 g/mol. The monoisotopic (exact) mass is 275 g/mol. The van der Waals surface area contributed by atoms with Gasteiger partial charge in [0.05, 0.1) is 6.04 Å². The van der Waals surface area contributed by atoms with E-state index in [0.717, 1.165) is 19.4 Å². The van der Waals surface area contributed by atoms with Crippen LogP contribution in [-0.2, 0) is 11.3 Å². The highest BCUT2D eigenvalue weighted by Gasteiger charge is 2.29. The Hall–Kier alpha value is -1.55. The highest BCUT2D eigenvalue weighted by molar-refractivity contribution is 5.82. The summed E-state index contributed by atoms with van der Waals surface area (Å²) in [5.74, 6) is 0.0736. The molecule has 0 saturated carbocycles. The number of hydrogen-bond acceptors (Lipinski definition) is 3. The number of hydrogen-bond donors (Lipinski definition) is 1. The maximum atomic E-state index is 12.6. The molecule has 0 aliphatic carbocycles. The number of carbonyl (C=O) groups excluding carboxylic acids is 1. The molecule has 0 aromatic heterocycles. The standard InChI is InChI=1S/C16H25N3O/c1-4-7-14(17)16(20)19-11-13-8-5-6-9-15(13)18(3)10-12(19)2/h5-6,8-9,12,14H,4,7,10-11,17H2,1-3H3. The second-order valence-corrected chi connectivity index (χ2v) is 5.72. The lowest BCUT2D eigenvalue weighted by molar-refractivity contribution is -0.135. The van der Waals surface area contributed by atoms with Gasteiger partial charge in [-0.1, -0.05) is 31.5 Å². The van der Waals surface area contributed by atoms with Crippen LogP contribution in [0, 0.1) is 0 Å². The van der Waals surface area contributed by atoms with Crippen LogP contribution < -0.4 is 10.6 Å². The predicted molar refractivity (Wildman–Crippen MR) is 82.6 cm³/mol. The summed E-state index contributed by atoms with van der Waals surface area (Å²) in [6.45, 7) is 5.64. The SMILES string of the molecule is CCCC(N)C(=O)N1Cc2ccccc2N(C)CC1C. The highest BCUT2D eigenvalue weighted by Crippen LogP contribution is 2.26. The third-order valence-electron chi connectivity index (χ3n) is 4.01. The van der Waals surface area contributed by atoms with Crippen molar-refractivity contribution >= 4 is 11.6 Å². The normalized spacial score (nSPS) is 20.3. The van der Waals surface area contributed by atoms with Gasteiger partial charge in [-0.2, -0.15) is 0 Å². The van der Waals surface area contributed by atoms with Crippen molar-refractivity contribution in [1.29, 1.82) is 0 Å². The van der Waals surface area contributed by atoms with Gasteiger partial charge in [-0.3, -0.25) is 4.79 Å². The quantitative estimate of drug-likeness (QED) is 0.917. The molecule has 2 unspecified atom stereocenters. The van der Waals surface area contributed by atoms with Gasteiger partial charge in [-0.05, 0) is 25.0 Å². The number of amides is 1. The third kappa shape index (κ3) is 2.96. The zero-order valence-corrected chi connectivity index (χ0v) is 12.7. The Kier molecular flexibility index (Phi) is 4.65. The average Bonchev–Trinajstić information content (AvgIpc) is 2.56. The summed E-state index contributed by atoms with van der Waals surface area (Å²) < 4.78 is 0. The number of anilines is 1. The second kappa shape index (κ2) is 6.27. The fourth-order valence-electron chi connectivity index (χ4n) is 2.89. The molecule has 1 aromatic carbocycles. The molecule has 0 saturated heterocycles. The number of likely N-dealkylation sites (N-methyl/N-ethyl adjacent to an activating group) is 1. The highest BCUT2D eigenvalue weighted by atomic mass is 16.2. The summed E-state index contributed by atoms with van der Waals surface area (Å²) in [6.07, 6.45) is 1.69. The Bertz CT molecular complexity index is 475. The summed E-state index contributed by atoms with van der Waals surface area (Å²) in [5, 5.41) is 0. The minimum absolute atomic E-state index is 0.0736. The Labute approximate surface area is 121 Å². The van der Waals surface area contributed by atoms with Crippen LogP contribution >= 0.6 is 0 Å². The van der Waals surface area contributed by atoms with Gasteiger partial charge in [-0.15, -0.1) is 0 Å². The van der Waals surface area contributed by atoms with Gasteiger partial charge in [-0.25, -0.2) is 0 Å². The zero-order valence-electron chi connectivity index (χ0n) is 12.7. The van der Waals surface area contributed by atoms with Gasteiger partial charge in [0.25, 0.3) is 0 Å². The molecule has 0 bridgehead atoms. The predicted octanol–water partition coefficient (Wildman–Crippen LogP) is 1.98. The lowest BCUT2D eigenvalue weighted by atomic mass is 10.1. The molecule has 0 fully saturated rings. The summed E-state index contributed by atoms with van der Waals surface area (Å²) in [5.41, 5.74) is 8.42. The van der Waals surface area contributed by atoms with Gasteiger partial charge >= 0.3 is 0 Å². The molecule has 1 aromatic rings. The second-order valence-electron chi connectivity index (χ2n) is 5.72. The number of para-hydroxylation sites is 1. The molecule has 20 heavy (non-hydrogen) atoms. The number of nitrogens with two attached hydrogens (primary N) is 1. The van der Waals surface area contributed by atoms with E-state index in [4.69, 9.17) is 5.73 Å².